The van der Waals surface area contributed by atoms with Gasteiger partial charge >= 0.3 is 6.03 Å². The van der Waals surface area contributed by atoms with Crippen LogP contribution in [0.15, 0.2) is 41.4 Å². The predicted octanol–water partition coefficient (Wildman–Crippen LogP) is 2.93. The lowest BCUT2D eigenvalue weighted by Gasteiger charge is -2.30. The average Bonchev–Trinajstić information content (AvgIpc) is 3.37. The van der Waals surface area contributed by atoms with Gasteiger partial charge in [0.25, 0.3) is 0 Å². The Morgan fingerprint density at radius 1 is 1.34 bits per heavy atom. The smallest absolute Gasteiger partial charge is 0.318 e. The zero-order valence-corrected chi connectivity index (χ0v) is 16.8. The molecule has 0 spiro atoms. The van der Waals surface area contributed by atoms with Crippen LogP contribution >= 0.6 is 0 Å². The molecule has 2 N–H and O–H groups in total. The highest BCUT2D eigenvalue weighted by Crippen LogP contribution is 2.26. The number of hydrogen-bond donors (Lipinski definition) is 2. The Kier molecular flexibility index (Phi) is 4.96. The molecule has 0 unspecified atom stereocenters. The summed E-state index contributed by atoms with van der Waals surface area (Å²) >= 11 is 0. The van der Waals surface area contributed by atoms with Gasteiger partial charge < -0.3 is 20.0 Å². The Balaban J connectivity index is 1.51. The third-order valence-corrected chi connectivity index (χ3v) is 4.66. The second kappa shape index (κ2) is 7.57. The van der Waals surface area contributed by atoms with Crippen LogP contribution in [0.3, 0.4) is 0 Å². The number of nitrogens with zero attached hydrogens (tertiary/aromatic N) is 5. The van der Waals surface area contributed by atoms with Gasteiger partial charge in [0.15, 0.2) is 5.65 Å². The summed E-state index contributed by atoms with van der Waals surface area (Å²) < 4.78 is 7.18. The fourth-order valence-corrected chi connectivity index (χ4v) is 3.25. The molecule has 0 aliphatic carbocycles. The molecule has 4 heterocycles. The Labute approximate surface area is 168 Å². The van der Waals surface area contributed by atoms with Crippen LogP contribution in [0.2, 0.25) is 0 Å². The van der Waals surface area contributed by atoms with E-state index < -0.39 is 0 Å². The fraction of sp³-hybridized carbons (Fsp3) is 0.400. The lowest BCUT2D eigenvalue weighted by molar-refractivity contribution is 0.193. The first-order valence-corrected chi connectivity index (χ1v) is 9.62. The molecule has 9 heteroatoms. The first-order valence-electron chi connectivity index (χ1n) is 9.62. The topological polar surface area (TPSA) is 101 Å². The highest BCUT2D eigenvalue weighted by atomic mass is 16.3. The van der Waals surface area contributed by atoms with Crippen LogP contribution in [0, 0.1) is 0 Å². The SMILES string of the molecule is CC(C)(C)NC(=O)N1CC=C(c2cnc(NCc3ccco3)n3cnnc23)CC1. The van der Waals surface area contributed by atoms with Crippen molar-refractivity contribution in [1.29, 1.82) is 0 Å². The van der Waals surface area contributed by atoms with Crippen LogP contribution in [-0.4, -0.2) is 49.1 Å². The summed E-state index contributed by atoms with van der Waals surface area (Å²) in [6, 6.07) is 3.71. The molecule has 0 bridgehead atoms. The molecule has 4 rings (SSSR count). The van der Waals surface area contributed by atoms with Gasteiger partial charge in [0.05, 0.1) is 12.8 Å². The van der Waals surface area contributed by atoms with Crippen molar-refractivity contribution >= 4 is 23.2 Å². The van der Waals surface area contributed by atoms with E-state index in [1.165, 1.54) is 0 Å². The van der Waals surface area contributed by atoms with E-state index in [0.29, 0.717) is 25.6 Å². The fourth-order valence-electron chi connectivity index (χ4n) is 3.25. The van der Waals surface area contributed by atoms with Crippen LogP contribution in [0.4, 0.5) is 10.7 Å². The van der Waals surface area contributed by atoms with Gasteiger partial charge in [-0.05, 0) is 44.9 Å². The maximum Gasteiger partial charge on any atom is 0.318 e. The number of carbonyl (C=O) groups excluding carboxylic acids is 1. The molecule has 0 fully saturated rings. The van der Waals surface area contributed by atoms with E-state index >= 15 is 0 Å². The van der Waals surface area contributed by atoms with E-state index in [1.54, 1.807) is 12.6 Å². The lowest BCUT2D eigenvalue weighted by atomic mass is 10.0. The van der Waals surface area contributed by atoms with Crippen molar-refractivity contribution in [2.75, 3.05) is 18.4 Å². The minimum atomic E-state index is -0.253. The lowest BCUT2D eigenvalue weighted by Crippen LogP contribution is -2.49. The maximum absolute atomic E-state index is 12.4. The number of hydrogen-bond acceptors (Lipinski definition) is 6. The minimum absolute atomic E-state index is 0.0453. The number of fused-ring (bicyclic) bond motifs is 1. The van der Waals surface area contributed by atoms with Crippen molar-refractivity contribution in [2.45, 2.75) is 39.3 Å². The van der Waals surface area contributed by atoms with Crippen molar-refractivity contribution in [1.82, 2.24) is 29.8 Å². The third-order valence-electron chi connectivity index (χ3n) is 4.66. The molecule has 1 aliphatic rings. The van der Waals surface area contributed by atoms with Gasteiger partial charge in [-0.25, -0.2) is 9.78 Å². The molecule has 0 saturated heterocycles. The summed E-state index contributed by atoms with van der Waals surface area (Å²) in [6.45, 7) is 7.65. The van der Waals surface area contributed by atoms with Crippen molar-refractivity contribution < 1.29 is 9.21 Å². The Hall–Kier alpha value is -3.36. The minimum Gasteiger partial charge on any atom is -0.467 e. The summed E-state index contributed by atoms with van der Waals surface area (Å²) in [5.74, 6) is 1.47. The van der Waals surface area contributed by atoms with Gasteiger partial charge in [-0.15, -0.1) is 10.2 Å². The molecule has 0 aromatic carbocycles. The van der Waals surface area contributed by atoms with Crippen LogP contribution in [0.5, 0.6) is 0 Å². The molecule has 9 nitrogen and oxygen atoms in total. The monoisotopic (exact) mass is 395 g/mol. The molecule has 3 aromatic rings. The third kappa shape index (κ3) is 4.23. The molecular formula is C20H25N7O2. The van der Waals surface area contributed by atoms with Crippen molar-refractivity contribution in [2.24, 2.45) is 0 Å². The predicted molar refractivity (Wildman–Crippen MR) is 109 cm³/mol. The highest BCUT2D eigenvalue weighted by Gasteiger charge is 2.23. The zero-order valence-electron chi connectivity index (χ0n) is 16.8. The summed E-state index contributed by atoms with van der Waals surface area (Å²) in [6.07, 6.45) is 7.89. The molecule has 2 amide bonds. The first-order chi connectivity index (χ1) is 13.9. The quantitative estimate of drug-likeness (QED) is 0.704. The second-order valence-corrected chi connectivity index (χ2v) is 8.06. The molecule has 3 aromatic heterocycles. The van der Waals surface area contributed by atoms with Gasteiger partial charge in [0.1, 0.15) is 12.1 Å². The number of rotatable bonds is 4. The van der Waals surface area contributed by atoms with E-state index in [2.05, 4.69) is 31.9 Å². The number of urea groups is 1. The Bertz CT molecular complexity index is 1030. The number of furan rings is 1. The van der Waals surface area contributed by atoms with E-state index in [4.69, 9.17) is 4.42 Å². The molecular weight excluding hydrogens is 370 g/mol. The van der Waals surface area contributed by atoms with Gasteiger partial charge in [-0.1, -0.05) is 6.08 Å². The molecule has 1 aliphatic heterocycles. The Morgan fingerprint density at radius 2 is 2.21 bits per heavy atom. The van der Waals surface area contributed by atoms with Crippen LogP contribution in [0.1, 0.15) is 38.5 Å². The van der Waals surface area contributed by atoms with Crippen LogP contribution in [-0.2, 0) is 6.54 Å². The van der Waals surface area contributed by atoms with Crippen LogP contribution < -0.4 is 10.6 Å². The van der Waals surface area contributed by atoms with Gasteiger partial charge in [-0.2, -0.15) is 0 Å². The number of aromatic nitrogens is 4. The number of nitrogens with one attached hydrogen (secondary N) is 2. The van der Waals surface area contributed by atoms with Gasteiger partial charge in [0, 0.05) is 30.4 Å². The first kappa shape index (κ1) is 19.0. The molecule has 0 saturated carbocycles. The van der Waals surface area contributed by atoms with E-state index in [1.807, 2.05) is 48.4 Å². The summed E-state index contributed by atoms with van der Waals surface area (Å²) in [5.41, 5.74) is 2.53. The largest absolute Gasteiger partial charge is 0.467 e. The maximum atomic E-state index is 12.4. The van der Waals surface area contributed by atoms with Crippen molar-refractivity contribution in [3.05, 3.63) is 48.3 Å². The molecule has 152 valence electrons. The van der Waals surface area contributed by atoms with Gasteiger partial charge in [-0.3, -0.25) is 4.40 Å². The molecule has 0 radical (unpaired) electrons. The number of anilines is 1. The number of carbonyl (C=O) groups is 1. The van der Waals surface area contributed by atoms with Crippen LogP contribution in [0.25, 0.3) is 11.2 Å². The number of amides is 2. The Morgan fingerprint density at radius 3 is 2.90 bits per heavy atom. The highest BCUT2D eigenvalue weighted by molar-refractivity contribution is 5.80. The summed E-state index contributed by atoms with van der Waals surface area (Å²) in [4.78, 5) is 18.7. The molecule has 29 heavy (non-hydrogen) atoms. The normalized spacial score (nSPS) is 14.7. The average molecular weight is 395 g/mol. The van der Waals surface area contributed by atoms with Crippen molar-refractivity contribution in [3.63, 3.8) is 0 Å². The van der Waals surface area contributed by atoms with Gasteiger partial charge in [0.2, 0.25) is 5.95 Å². The van der Waals surface area contributed by atoms with E-state index in [9.17, 15) is 4.79 Å². The van der Waals surface area contributed by atoms with E-state index in [-0.39, 0.29) is 11.6 Å². The summed E-state index contributed by atoms with van der Waals surface area (Å²) in [7, 11) is 0. The summed E-state index contributed by atoms with van der Waals surface area (Å²) in [5, 5.41) is 14.6. The van der Waals surface area contributed by atoms with E-state index in [0.717, 1.165) is 29.0 Å². The second-order valence-electron chi connectivity index (χ2n) is 8.06. The standard InChI is InChI=1S/C20H25N7O2/c1-20(2,3)24-19(28)26-8-6-14(7-9-26)16-12-22-18(27-13-23-25-17(16)27)21-11-15-5-4-10-29-15/h4-6,10,12-13H,7-9,11H2,1-3H3,(H,21,22)(H,24,28). The van der Waals surface area contributed by atoms with Crippen molar-refractivity contribution in [3.8, 4) is 0 Å². The zero-order chi connectivity index (χ0) is 20.4. The molecule has 0 atom stereocenters.